The number of carbonyl (C=O) groups is 1. The number of carbonyl (C=O) groups excluding carboxylic acids is 1. The number of imidazole rings is 1. The number of amides is 1. The van der Waals surface area contributed by atoms with Crippen molar-refractivity contribution >= 4 is 5.91 Å². The highest BCUT2D eigenvalue weighted by atomic mass is 16.3. The van der Waals surface area contributed by atoms with Gasteiger partial charge in [0.05, 0.1) is 12.4 Å². The number of nitrogens with one attached hydrogen (secondary N) is 1. The molecule has 1 aromatic rings. The Balaban J connectivity index is 1.46. The zero-order chi connectivity index (χ0) is 15.8. The molecular weight excluding hydrogens is 290 g/mol. The second-order valence-corrected chi connectivity index (χ2v) is 7.57. The molecular formula is C18H27N3O2. The molecule has 0 spiro atoms. The molecule has 2 N–H and O–H groups in total. The first kappa shape index (κ1) is 15.2. The topological polar surface area (TPSA) is 69.2 Å². The minimum Gasteiger partial charge on any atom is -0.393 e. The molecule has 126 valence electrons. The molecule has 4 rings (SSSR count). The zero-order valence-electron chi connectivity index (χ0n) is 13.7. The minimum atomic E-state index is -0.218. The smallest absolute Gasteiger partial charge is 0.226 e. The van der Waals surface area contributed by atoms with Crippen LogP contribution >= 0.6 is 0 Å². The monoisotopic (exact) mass is 317 g/mol. The Morgan fingerprint density at radius 1 is 1.22 bits per heavy atom. The van der Waals surface area contributed by atoms with Gasteiger partial charge in [0.2, 0.25) is 5.91 Å². The third-order valence-corrected chi connectivity index (χ3v) is 6.13. The van der Waals surface area contributed by atoms with E-state index < -0.39 is 0 Å². The number of aliphatic hydroxyl groups is 1. The Morgan fingerprint density at radius 3 is 2.83 bits per heavy atom. The van der Waals surface area contributed by atoms with Gasteiger partial charge in [-0.15, -0.1) is 0 Å². The van der Waals surface area contributed by atoms with Crippen LogP contribution in [-0.2, 0) is 4.79 Å². The van der Waals surface area contributed by atoms with E-state index in [4.69, 9.17) is 0 Å². The summed E-state index contributed by atoms with van der Waals surface area (Å²) in [6, 6.07) is 0.259. The molecule has 5 heteroatoms. The number of hydrogen-bond acceptors (Lipinski definition) is 3. The number of nitrogens with zero attached hydrogens (tertiary/aromatic N) is 2. The van der Waals surface area contributed by atoms with Crippen LogP contribution in [0.4, 0.5) is 0 Å². The van der Waals surface area contributed by atoms with E-state index in [1.54, 1.807) is 6.33 Å². The molecule has 3 aliphatic rings. The third-order valence-electron chi connectivity index (χ3n) is 6.13. The first-order chi connectivity index (χ1) is 11.3. The number of H-pyrrole nitrogens is 1. The van der Waals surface area contributed by atoms with E-state index in [0.29, 0.717) is 11.8 Å². The maximum absolute atomic E-state index is 13.0. The molecule has 1 aliphatic heterocycles. The van der Waals surface area contributed by atoms with Crippen molar-refractivity contribution < 1.29 is 9.90 Å². The molecule has 2 aliphatic carbocycles. The predicted octanol–water partition coefficient (Wildman–Crippen LogP) is 2.45. The average Bonchev–Trinajstić information content (AvgIpc) is 3.19. The van der Waals surface area contributed by atoms with E-state index in [2.05, 4.69) is 14.9 Å². The van der Waals surface area contributed by atoms with Gasteiger partial charge in [0.15, 0.2) is 0 Å². The maximum Gasteiger partial charge on any atom is 0.226 e. The molecule has 1 aromatic heterocycles. The summed E-state index contributed by atoms with van der Waals surface area (Å²) >= 11 is 0. The molecule has 3 unspecified atom stereocenters. The SMILES string of the molecule is O=C([C@@H]1C[C@H]1c1cnc[nH]1)N1CCCCC1C1CCCCC1O. The number of aliphatic hydroxyl groups excluding tert-OH is 1. The third kappa shape index (κ3) is 2.91. The van der Waals surface area contributed by atoms with Crippen LogP contribution in [0.5, 0.6) is 0 Å². The largest absolute Gasteiger partial charge is 0.393 e. The van der Waals surface area contributed by atoms with Crippen molar-refractivity contribution in [2.75, 3.05) is 6.54 Å². The molecule has 1 saturated heterocycles. The lowest BCUT2D eigenvalue weighted by molar-refractivity contribution is -0.139. The quantitative estimate of drug-likeness (QED) is 0.899. The van der Waals surface area contributed by atoms with Crippen LogP contribution in [0, 0.1) is 11.8 Å². The van der Waals surface area contributed by atoms with Gasteiger partial charge in [-0.05, 0) is 38.5 Å². The predicted molar refractivity (Wildman–Crippen MR) is 86.8 cm³/mol. The van der Waals surface area contributed by atoms with E-state index in [1.165, 1.54) is 12.8 Å². The van der Waals surface area contributed by atoms with Crippen LogP contribution in [0.25, 0.3) is 0 Å². The van der Waals surface area contributed by atoms with E-state index in [9.17, 15) is 9.90 Å². The Kier molecular flexibility index (Phi) is 4.14. The van der Waals surface area contributed by atoms with Crippen molar-refractivity contribution in [2.24, 2.45) is 11.8 Å². The fourth-order valence-corrected chi connectivity index (χ4v) is 4.76. The van der Waals surface area contributed by atoms with Gasteiger partial charge in [-0.2, -0.15) is 0 Å². The Hall–Kier alpha value is -1.36. The van der Waals surface area contributed by atoms with Gasteiger partial charge in [0, 0.05) is 42.2 Å². The Morgan fingerprint density at radius 2 is 2.04 bits per heavy atom. The summed E-state index contributed by atoms with van der Waals surface area (Å²) in [5.74, 6) is 1.05. The highest BCUT2D eigenvalue weighted by Gasteiger charge is 2.49. The van der Waals surface area contributed by atoms with Crippen molar-refractivity contribution in [3.8, 4) is 0 Å². The Labute approximate surface area is 137 Å². The summed E-state index contributed by atoms with van der Waals surface area (Å²) in [6.45, 7) is 0.874. The summed E-state index contributed by atoms with van der Waals surface area (Å²) in [4.78, 5) is 22.4. The summed E-state index contributed by atoms with van der Waals surface area (Å²) < 4.78 is 0. The van der Waals surface area contributed by atoms with Gasteiger partial charge in [0.25, 0.3) is 0 Å². The lowest BCUT2D eigenvalue weighted by Crippen LogP contribution is -2.51. The molecule has 0 radical (unpaired) electrons. The molecule has 2 saturated carbocycles. The van der Waals surface area contributed by atoms with Crippen LogP contribution in [0.2, 0.25) is 0 Å². The molecule has 3 fully saturated rings. The van der Waals surface area contributed by atoms with Gasteiger partial charge < -0.3 is 15.0 Å². The second-order valence-electron chi connectivity index (χ2n) is 7.57. The zero-order valence-corrected chi connectivity index (χ0v) is 13.7. The number of piperidine rings is 1. The van der Waals surface area contributed by atoms with Crippen LogP contribution in [0.15, 0.2) is 12.5 Å². The molecule has 5 atom stereocenters. The normalized spacial score (nSPS) is 37.6. The number of likely N-dealkylation sites (tertiary alicyclic amines) is 1. The van der Waals surface area contributed by atoms with Crippen LogP contribution in [0.1, 0.15) is 63.0 Å². The maximum atomic E-state index is 13.0. The molecule has 2 heterocycles. The van der Waals surface area contributed by atoms with Crippen molar-refractivity contribution in [1.29, 1.82) is 0 Å². The standard InChI is InChI=1S/C18H27N3O2/c22-17-7-2-1-5-12(17)16-6-3-4-8-21(16)18(23)14-9-13(14)15-10-19-11-20-15/h10-14,16-17,22H,1-9H2,(H,19,20)/t12?,13-,14-,16?,17?/m1/s1. The van der Waals surface area contributed by atoms with Crippen molar-refractivity contribution in [1.82, 2.24) is 14.9 Å². The van der Waals surface area contributed by atoms with Crippen LogP contribution < -0.4 is 0 Å². The number of hydrogen-bond donors (Lipinski definition) is 2. The molecule has 5 nitrogen and oxygen atoms in total. The fourth-order valence-electron chi connectivity index (χ4n) is 4.76. The molecule has 0 bridgehead atoms. The van der Waals surface area contributed by atoms with Gasteiger partial charge in [0.1, 0.15) is 0 Å². The average molecular weight is 317 g/mol. The minimum absolute atomic E-state index is 0.122. The first-order valence-electron chi connectivity index (χ1n) is 9.22. The molecule has 0 aromatic carbocycles. The van der Waals surface area contributed by atoms with E-state index in [-0.39, 0.29) is 24.0 Å². The lowest BCUT2D eigenvalue weighted by atomic mass is 9.78. The summed E-state index contributed by atoms with van der Waals surface area (Å²) in [6.07, 6.45) is 11.9. The fraction of sp³-hybridized carbons (Fsp3) is 0.778. The highest BCUT2D eigenvalue weighted by Crippen LogP contribution is 2.48. The summed E-state index contributed by atoms with van der Waals surface area (Å²) in [7, 11) is 0. The van der Waals surface area contributed by atoms with E-state index in [0.717, 1.165) is 50.8 Å². The van der Waals surface area contributed by atoms with Gasteiger partial charge in [-0.25, -0.2) is 4.98 Å². The Bertz CT molecular complexity index is 544. The lowest BCUT2D eigenvalue weighted by Gasteiger charge is -2.44. The van der Waals surface area contributed by atoms with E-state index in [1.807, 2.05) is 6.20 Å². The van der Waals surface area contributed by atoms with Crippen LogP contribution in [-0.4, -0.2) is 44.6 Å². The molecule has 1 amide bonds. The number of aromatic amines is 1. The summed E-state index contributed by atoms with van der Waals surface area (Å²) in [5.41, 5.74) is 1.09. The van der Waals surface area contributed by atoms with E-state index >= 15 is 0 Å². The van der Waals surface area contributed by atoms with Crippen LogP contribution in [0.3, 0.4) is 0 Å². The van der Waals surface area contributed by atoms with Gasteiger partial charge in [-0.3, -0.25) is 4.79 Å². The number of aromatic nitrogens is 2. The first-order valence-corrected chi connectivity index (χ1v) is 9.22. The van der Waals surface area contributed by atoms with Gasteiger partial charge >= 0.3 is 0 Å². The number of rotatable bonds is 3. The highest BCUT2D eigenvalue weighted by molar-refractivity contribution is 5.83. The van der Waals surface area contributed by atoms with Crippen molar-refractivity contribution in [3.05, 3.63) is 18.2 Å². The van der Waals surface area contributed by atoms with Crippen molar-refractivity contribution in [2.45, 2.75) is 69.4 Å². The second kappa shape index (κ2) is 6.27. The van der Waals surface area contributed by atoms with Crippen molar-refractivity contribution in [3.63, 3.8) is 0 Å². The molecule has 23 heavy (non-hydrogen) atoms. The van der Waals surface area contributed by atoms with Gasteiger partial charge in [-0.1, -0.05) is 12.8 Å². The summed E-state index contributed by atoms with van der Waals surface area (Å²) in [5, 5.41) is 10.4.